The van der Waals surface area contributed by atoms with Gasteiger partial charge in [-0.05, 0) is 37.3 Å². The number of thioether (sulfide) groups is 1. The normalized spacial score (nSPS) is 27.7. The molecule has 0 heterocycles. The van der Waals surface area contributed by atoms with Crippen molar-refractivity contribution < 1.29 is 0 Å². The second-order valence-electron chi connectivity index (χ2n) is 4.91. The third-order valence-electron chi connectivity index (χ3n) is 3.76. The molecule has 3 heteroatoms. The number of nitriles is 1. The molecule has 1 fully saturated rings. The van der Waals surface area contributed by atoms with Crippen LogP contribution in [0.25, 0.3) is 0 Å². The molecule has 1 aromatic carbocycles. The molecule has 0 amide bonds. The van der Waals surface area contributed by atoms with E-state index < -0.39 is 0 Å². The van der Waals surface area contributed by atoms with Crippen LogP contribution in [0.5, 0.6) is 0 Å². The molecule has 1 saturated carbocycles. The standard InChI is InChI=1S/C15H18ClNS/c1-2-11-7-8-12(10-17)15(9-11)18-14-6-4-3-5-13(14)16/h3-6,11-12,15H,2,7-9H2,1H3. The largest absolute Gasteiger partial charge is 0.198 e. The monoisotopic (exact) mass is 279 g/mol. The van der Waals surface area contributed by atoms with Crippen LogP contribution in [-0.4, -0.2) is 5.25 Å². The van der Waals surface area contributed by atoms with Crippen LogP contribution in [-0.2, 0) is 0 Å². The van der Waals surface area contributed by atoms with Gasteiger partial charge in [-0.3, -0.25) is 0 Å². The van der Waals surface area contributed by atoms with Crippen molar-refractivity contribution in [2.45, 2.75) is 42.8 Å². The number of hydrogen-bond acceptors (Lipinski definition) is 2. The molecule has 1 aliphatic carbocycles. The summed E-state index contributed by atoms with van der Waals surface area (Å²) < 4.78 is 0. The first-order valence-electron chi connectivity index (χ1n) is 6.55. The molecule has 0 saturated heterocycles. The molecule has 2 rings (SSSR count). The number of benzene rings is 1. The molecular formula is C15H18ClNS. The van der Waals surface area contributed by atoms with Gasteiger partial charge < -0.3 is 0 Å². The van der Waals surface area contributed by atoms with E-state index in [0.29, 0.717) is 5.25 Å². The lowest BCUT2D eigenvalue weighted by Crippen LogP contribution is -2.25. The molecule has 3 unspecified atom stereocenters. The topological polar surface area (TPSA) is 23.8 Å². The second-order valence-corrected chi connectivity index (χ2v) is 6.60. The summed E-state index contributed by atoms with van der Waals surface area (Å²) in [5.74, 6) is 0.948. The fourth-order valence-corrected chi connectivity index (χ4v) is 4.23. The summed E-state index contributed by atoms with van der Waals surface area (Å²) in [7, 11) is 0. The van der Waals surface area contributed by atoms with Crippen LogP contribution in [0.3, 0.4) is 0 Å². The minimum Gasteiger partial charge on any atom is -0.198 e. The maximum atomic E-state index is 9.27. The summed E-state index contributed by atoms with van der Waals surface area (Å²) in [6, 6.07) is 10.4. The van der Waals surface area contributed by atoms with E-state index in [2.05, 4.69) is 19.1 Å². The molecule has 1 nitrogen and oxygen atoms in total. The van der Waals surface area contributed by atoms with Crippen LogP contribution in [0, 0.1) is 23.2 Å². The molecule has 0 spiro atoms. The minimum absolute atomic E-state index is 0.175. The minimum atomic E-state index is 0.175. The van der Waals surface area contributed by atoms with Crippen molar-refractivity contribution in [3.63, 3.8) is 0 Å². The Hall–Kier alpha value is -0.650. The van der Waals surface area contributed by atoms with Gasteiger partial charge in [0.1, 0.15) is 0 Å². The zero-order chi connectivity index (χ0) is 13.0. The van der Waals surface area contributed by atoms with Gasteiger partial charge in [-0.2, -0.15) is 5.26 Å². The maximum absolute atomic E-state index is 9.27. The van der Waals surface area contributed by atoms with Gasteiger partial charge in [-0.1, -0.05) is 37.1 Å². The van der Waals surface area contributed by atoms with Gasteiger partial charge in [-0.15, -0.1) is 11.8 Å². The van der Waals surface area contributed by atoms with E-state index in [-0.39, 0.29) is 5.92 Å². The third kappa shape index (κ3) is 3.22. The highest BCUT2D eigenvalue weighted by Gasteiger charge is 2.30. The number of hydrogen-bond donors (Lipinski definition) is 0. The summed E-state index contributed by atoms with van der Waals surface area (Å²) in [6.07, 6.45) is 4.60. The van der Waals surface area contributed by atoms with Crippen LogP contribution in [0.2, 0.25) is 5.02 Å². The van der Waals surface area contributed by atoms with Gasteiger partial charge in [0.2, 0.25) is 0 Å². The van der Waals surface area contributed by atoms with Crippen LogP contribution in [0.4, 0.5) is 0 Å². The lowest BCUT2D eigenvalue weighted by Gasteiger charge is -2.32. The summed E-state index contributed by atoms with van der Waals surface area (Å²) in [5, 5.41) is 10.5. The highest BCUT2D eigenvalue weighted by atomic mass is 35.5. The molecule has 0 radical (unpaired) electrons. The van der Waals surface area contributed by atoms with E-state index in [9.17, 15) is 5.26 Å². The number of halogens is 1. The lowest BCUT2D eigenvalue weighted by atomic mass is 9.81. The summed E-state index contributed by atoms with van der Waals surface area (Å²) in [5.41, 5.74) is 0. The Balaban J connectivity index is 2.10. The first-order chi connectivity index (χ1) is 8.74. The Bertz CT molecular complexity index is 440. The SMILES string of the molecule is CCC1CCC(C#N)C(Sc2ccccc2Cl)C1. The molecule has 3 atom stereocenters. The Labute approximate surface area is 119 Å². The van der Waals surface area contributed by atoms with Crippen molar-refractivity contribution in [2.75, 3.05) is 0 Å². The van der Waals surface area contributed by atoms with Gasteiger partial charge in [0, 0.05) is 10.1 Å². The summed E-state index contributed by atoms with van der Waals surface area (Å²) in [6.45, 7) is 2.24. The van der Waals surface area contributed by atoms with E-state index in [1.165, 1.54) is 12.8 Å². The van der Waals surface area contributed by atoms with Crippen molar-refractivity contribution in [2.24, 2.45) is 11.8 Å². The Morgan fingerprint density at radius 1 is 1.39 bits per heavy atom. The highest BCUT2D eigenvalue weighted by Crippen LogP contribution is 2.42. The zero-order valence-corrected chi connectivity index (χ0v) is 12.2. The predicted molar refractivity (Wildman–Crippen MR) is 77.8 cm³/mol. The Kier molecular flexibility index (Phi) is 4.97. The van der Waals surface area contributed by atoms with Crippen LogP contribution < -0.4 is 0 Å². The first-order valence-corrected chi connectivity index (χ1v) is 7.81. The predicted octanol–water partition coefficient (Wildman–Crippen LogP) is 5.15. The van der Waals surface area contributed by atoms with Gasteiger partial charge in [0.25, 0.3) is 0 Å². The van der Waals surface area contributed by atoms with Crippen molar-refractivity contribution in [3.8, 4) is 6.07 Å². The molecule has 0 bridgehead atoms. The second kappa shape index (κ2) is 6.50. The smallest absolute Gasteiger partial charge is 0.0667 e. The average molecular weight is 280 g/mol. The van der Waals surface area contributed by atoms with Gasteiger partial charge in [0.15, 0.2) is 0 Å². The quantitative estimate of drug-likeness (QED) is 0.764. The van der Waals surface area contributed by atoms with E-state index in [1.807, 2.05) is 18.2 Å². The molecular weight excluding hydrogens is 262 g/mol. The molecule has 1 aliphatic rings. The van der Waals surface area contributed by atoms with Crippen molar-refractivity contribution >= 4 is 23.4 Å². The first kappa shape index (κ1) is 13.8. The van der Waals surface area contributed by atoms with Crippen LogP contribution in [0.15, 0.2) is 29.2 Å². The summed E-state index contributed by atoms with van der Waals surface area (Å²) in [4.78, 5) is 1.11. The fraction of sp³-hybridized carbons (Fsp3) is 0.533. The van der Waals surface area contributed by atoms with E-state index in [0.717, 1.165) is 28.7 Å². The number of nitrogens with zero attached hydrogens (tertiary/aromatic N) is 1. The molecule has 0 N–H and O–H groups in total. The van der Waals surface area contributed by atoms with Crippen LogP contribution in [0.1, 0.15) is 32.6 Å². The molecule has 0 aromatic heterocycles. The summed E-state index contributed by atoms with van der Waals surface area (Å²) >= 11 is 7.99. The van der Waals surface area contributed by atoms with Crippen LogP contribution >= 0.6 is 23.4 Å². The maximum Gasteiger partial charge on any atom is 0.0667 e. The van der Waals surface area contributed by atoms with Crippen molar-refractivity contribution in [1.29, 1.82) is 5.26 Å². The van der Waals surface area contributed by atoms with Gasteiger partial charge >= 0.3 is 0 Å². The highest BCUT2D eigenvalue weighted by molar-refractivity contribution is 8.00. The Morgan fingerprint density at radius 2 is 2.17 bits per heavy atom. The molecule has 0 aliphatic heterocycles. The van der Waals surface area contributed by atoms with Crippen molar-refractivity contribution in [1.82, 2.24) is 0 Å². The van der Waals surface area contributed by atoms with E-state index >= 15 is 0 Å². The lowest BCUT2D eigenvalue weighted by molar-refractivity contribution is 0.317. The average Bonchev–Trinajstić information content (AvgIpc) is 2.41. The van der Waals surface area contributed by atoms with Gasteiger partial charge in [-0.25, -0.2) is 0 Å². The van der Waals surface area contributed by atoms with Gasteiger partial charge in [0.05, 0.1) is 17.0 Å². The molecule has 1 aromatic rings. The van der Waals surface area contributed by atoms with Crippen molar-refractivity contribution in [3.05, 3.63) is 29.3 Å². The van der Waals surface area contributed by atoms with E-state index in [1.54, 1.807) is 11.8 Å². The third-order valence-corrected chi connectivity index (χ3v) is 5.63. The zero-order valence-electron chi connectivity index (χ0n) is 10.6. The molecule has 96 valence electrons. The number of rotatable bonds is 3. The fourth-order valence-electron chi connectivity index (χ4n) is 2.56. The Morgan fingerprint density at radius 3 is 2.83 bits per heavy atom. The molecule has 18 heavy (non-hydrogen) atoms. The van der Waals surface area contributed by atoms with E-state index in [4.69, 9.17) is 11.6 Å².